The standard InChI is InChI=1S/C19H17F6NO2/c1-26(10-15-4-2-3-5-16(15)19(23,24)25)17(27)14-8-6-13(7-9-14)11-28-12-18(20,21)22/h2-9H,10-12H2,1H3. The first-order valence-corrected chi connectivity index (χ1v) is 8.11. The van der Waals surface area contributed by atoms with Gasteiger partial charge in [-0.05, 0) is 29.3 Å². The fraction of sp³-hybridized carbons (Fsp3) is 0.316. The second-order valence-electron chi connectivity index (χ2n) is 6.12. The highest BCUT2D eigenvalue weighted by atomic mass is 19.4. The minimum Gasteiger partial charge on any atom is -0.367 e. The van der Waals surface area contributed by atoms with Gasteiger partial charge < -0.3 is 9.64 Å². The van der Waals surface area contributed by atoms with Crippen molar-refractivity contribution in [3.63, 3.8) is 0 Å². The van der Waals surface area contributed by atoms with E-state index in [1.807, 2.05) is 0 Å². The van der Waals surface area contributed by atoms with Gasteiger partial charge in [0.25, 0.3) is 5.91 Å². The molecule has 0 fully saturated rings. The number of carbonyl (C=O) groups is 1. The number of alkyl halides is 6. The summed E-state index contributed by atoms with van der Waals surface area (Å²) in [6.45, 7) is -1.90. The molecule has 0 saturated heterocycles. The van der Waals surface area contributed by atoms with Gasteiger partial charge in [0.05, 0.1) is 12.2 Å². The van der Waals surface area contributed by atoms with Crippen LogP contribution in [-0.2, 0) is 24.1 Å². The van der Waals surface area contributed by atoms with Gasteiger partial charge in [-0.25, -0.2) is 0 Å². The predicted octanol–water partition coefficient (Wildman–Crippen LogP) is 5.06. The summed E-state index contributed by atoms with van der Waals surface area (Å²) in [5.41, 5.74) is -0.215. The zero-order valence-electron chi connectivity index (χ0n) is 14.8. The van der Waals surface area contributed by atoms with E-state index in [1.54, 1.807) is 0 Å². The maximum Gasteiger partial charge on any atom is 0.416 e. The number of hydrogen-bond donors (Lipinski definition) is 0. The Kier molecular flexibility index (Phi) is 6.71. The molecule has 0 aliphatic heterocycles. The summed E-state index contributed by atoms with van der Waals surface area (Å²) < 4.78 is 79.9. The molecule has 0 heterocycles. The SMILES string of the molecule is CN(Cc1ccccc1C(F)(F)F)C(=O)c1ccc(COCC(F)(F)F)cc1. The Morgan fingerprint density at radius 3 is 2.14 bits per heavy atom. The van der Waals surface area contributed by atoms with E-state index in [0.29, 0.717) is 5.56 Å². The van der Waals surface area contributed by atoms with Crippen molar-refractivity contribution in [3.8, 4) is 0 Å². The van der Waals surface area contributed by atoms with Crippen molar-refractivity contribution in [1.29, 1.82) is 0 Å². The normalized spacial score (nSPS) is 12.1. The van der Waals surface area contributed by atoms with Gasteiger partial charge in [0, 0.05) is 19.2 Å². The first kappa shape index (κ1) is 21.7. The first-order chi connectivity index (χ1) is 13.0. The van der Waals surface area contributed by atoms with Crippen LogP contribution in [0.2, 0.25) is 0 Å². The lowest BCUT2D eigenvalue weighted by Gasteiger charge is -2.20. The fourth-order valence-electron chi connectivity index (χ4n) is 2.51. The zero-order valence-corrected chi connectivity index (χ0v) is 14.8. The number of hydrogen-bond acceptors (Lipinski definition) is 2. The maximum atomic E-state index is 13.1. The molecule has 28 heavy (non-hydrogen) atoms. The van der Waals surface area contributed by atoms with Crippen molar-refractivity contribution in [2.75, 3.05) is 13.7 Å². The Morgan fingerprint density at radius 1 is 0.964 bits per heavy atom. The monoisotopic (exact) mass is 405 g/mol. The zero-order chi connectivity index (χ0) is 20.9. The van der Waals surface area contributed by atoms with Gasteiger partial charge in [0.2, 0.25) is 0 Å². The number of amides is 1. The molecule has 0 saturated carbocycles. The number of halogens is 6. The van der Waals surface area contributed by atoms with E-state index in [1.165, 1.54) is 49.5 Å². The lowest BCUT2D eigenvalue weighted by molar-refractivity contribution is -0.176. The second-order valence-corrected chi connectivity index (χ2v) is 6.12. The highest BCUT2D eigenvalue weighted by Crippen LogP contribution is 2.32. The molecule has 3 nitrogen and oxygen atoms in total. The quantitative estimate of drug-likeness (QED) is 0.629. The minimum atomic E-state index is -4.53. The number of benzene rings is 2. The molecule has 0 spiro atoms. The minimum absolute atomic E-state index is 0.0389. The summed E-state index contributed by atoms with van der Waals surface area (Å²) >= 11 is 0. The second kappa shape index (κ2) is 8.64. The molecule has 2 aromatic carbocycles. The van der Waals surface area contributed by atoms with Crippen LogP contribution in [0.15, 0.2) is 48.5 Å². The molecule has 9 heteroatoms. The van der Waals surface area contributed by atoms with E-state index in [-0.39, 0.29) is 24.3 Å². The van der Waals surface area contributed by atoms with Gasteiger partial charge in [0.15, 0.2) is 0 Å². The average Bonchev–Trinajstić information content (AvgIpc) is 2.60. The summed E-state index contributed by atoms with van der Waals surface area (Å²) in [4.78, 5) is 13.6. The number of carbonyl (C=O) groups excluding carboxylic acids is 1. The molecule has 152 valence electrons. The Hall–Kier alpha value is -2.55. The lowest BCUT2D eigenvalue weighted by Crippen LogP contribution is -2.27. The van der Waals surface area contributed by atoms with Crippen LogP contribution >= 0.6 is 0 Å². The topological polar surface area (TPSA) is 29.5 Å². The molecule has 0 radical (unpaired) electrons. The van der Waals surface area contributed by atoms with Crippen molar-refractivity contribution >= 4 is 5.91 Å². The third-order valence-corrected chi connectivity index (χ3v) is 3.81. The highest BCUT2D eigenvalue weighted by Gasteiger charge is 2.33. The Morgan fingerprint density at radius 2 is 1.57 bits per heavy atom. The molecule has 1 amide bonds. The van der Waals surface area contributed by atoms with Crippen molar-refractivity contribution in [2.45, 2.75) is 25.5 Å². The van der Waals surface area contributed by atoms with Crippen molar-refractivity contribution in [2.24, 2.45) is 0 Å². The van der Waals surface area contributed by atoms with Gasteiger partial charge in [-0.1, -0.05) is 30.3 Å². The first-order valence-electron chi connectivity index (χ1n) is 8.11. The van der Waals surface area contributed by atoms with Crippen LogP contribution in [0.1, 0.15) is 27.0 Å². The van der Waals surface area contributed by atoms with E-state index in [9.17, 15) is 31.1 Å². The molecule has 0 N–H and O–H groups in total. The molecule has 2 aromatic rings. The Labute approximate surface area is 157 Å². The summed E-state index contributed by atoms with van der Waals surface area (Å²) in [5.74, 6) is -0.514. The highest BCUT2D eigenvalue weighted by molar-refractivity contribution is 5.94. The molecular weight excluding hydrogens is 388 g/mol. The number of nitrogens with zero attached hydrogens (tertiary/aromatic N) is 1. The third-order valence-electron chi connectivity index (χ3n) is 3.81. The van der Waals surface area contributed by atoms with Crippen LogP contribution in [0.5, 0.6) is 0 Å². The Balaban J connectivity index is 2.02. The van der Waals surface area contributed by atoms with Crippen LogP contribution in [0.4, 0.5) is 26.3 Å². The lowest BCUT2D eigenvalue weighted by atomic mass is 10.1. The van der Waals surface area contributed by atoms with E-state index in [2.05, 4.69) is 4.74 Å². The summed E-state index contributed by atoms with van der Waals surface area (Å²) in [6.07, 6.45) is -8.95. The molecule has 2 rings (SSSR count). The number of rotatable bonds is 6. The number of ether oxygens (including phenoxy) is 1. The predicted molar refractivity (Wildman–Crippen MR) is 89.4 cm³/mol. The van der Waals surface area contributed by atoms with Gasteiger partial charge in [-0.2, -0.15) is 26.3 Å². The van der Waals surface area contributed by atoms with Gasteiger partial charge in [-0.15, -0.1) is 0 Å². The van der Waals surface area contributed by atoms with Crippen molar-refractivity contribution in [1.82, 2.24) is 4.90 Å². The third kappa shape index (κ3) is 6.26. The van der Waals surface area contributed by atoms with E-state index >= 15 is 0 Å². The van der Waals surface area contributed by atoms with Gasteiger partial charge in [-0.3, -0.25) is 4.79 Å². The summed E-state index contributed by atoms with van der Waals surface area (Å²) in [7, 11) is 1.37. The maximum absolute atomic E-state index is 13.1. The van der Waals surface area contributed by atoms with E-state index < -0.39 is 30.4 Å². The molecule has 0 aromatic heterocycles. The molecule has 0 aliphatic carbocycles. The van der Waals surface area contributed by atoms with Crippen LogP contribution in [-0.4, -0.2) is 30.6 Å². The average molecular weight is 405 g/mol. The smallest absolute Gasteiger partial charge is 0.367 e. The van der Waals surface area contributed by atoms with E-state index in [4.69, 9.17) is 0 Å². The largest absolute Gasteiger partial charge is 0.416 e. The van der Waals surface area contributed by atoms with E-state index in [0.717, 1.165) is 11.0 Å². The molecular formula is C19H17F6NO2. The van der Waals surface area contributed by atoms with Crippen molar-refractivity contribution < 1.29 is 35.9 Å². The molecule has 0 unspecified atom stereocenters. The fourth-order valence-corrected chi connectivity index (χ4v) is 2.51. The van der Waals surface area contributed by atoms with Crippen LogP contribution < -0.4 is 0 Å². The van der Waals surface area contributed by atoms with Crippen LogP contribution in [0.3, 0.4) is 0 Å². The van der Waals surface area contributed by atoms with Crippen molar-refractivity contribution in [3.05, 3.63) is 70.8 Å². The van der Waals surface area contributed by atoms with Crippen LogP contribution in [0.25, 0.3) is 0 Å². The summed E-state index contributed by atoms with van der Waals surface area (Å²) in [6, 6.07) is 10.6. The van der Waals surface area contributed by atoms with Crippen LogP contribution in [0, 0.1) is 0 Å². The summed E-state index contributed by atoms with van der Waals surface area (Å²) in [5, 5.41) is 0. The molecule has 0 atom stereocenters. The van der Waals surface area contributed by atoms with Gasteiger partial charge >= 0.3 is 12.4 Å². The molecule has 0 bridgehead atoms. The molecule has 0 aliphatic rings. The van der Waals surface area contributed by atoms with Gasteiger partial charge in [0.1, 0.15) is 6.61 Å². The Bertz CT molecular complexity index is 799.